The molecule has 0 amide bonds. The Hall–Kier alpha value is -0.640. The molecule has 0 aliphatic rings. The van der Waals surface area contributed by atoms with Gasteiger partial charge in [-0.2, -0.15) is 11.8 Å². The highest BCUT2D eigenvalue weighted by Gasteiger charge is 2.19. The van der Waals surface area contributed by atoms with E-state index in [0.717, 1.165) is 110 Å². The molecule has 7 nitrogen and oxygen atoms in total. The largest absolute Gasteiger partial charge is 0.465 e. The van der Waals surface area contributed by atoms with E-state index in [9.17, 15) is 9.90 Å². The molecule has 0 radical (unpaired) electrons. The lowest BCUT2D eigenvalue weighted by atomic mass is 9.94. The molecule has 0 aromatic carbocycles. The van der Waals surface area contributed by atoms with Crippen LogP contribution in [0.4, 0.5) is 0 Å². The molecule has 0 heterocycles. The van der Waals surface area contributed by atoms with E-state index in [0.29, 0.717) is 19.8 Å². The van der Waals surface area contributed by atoms with Crippen LogP contribution in [0.5, 0.6) is 0 Å². The number of nitrogens with zero attached hydrogens (tertiary/aromatic N) is 1. The zero-order chi connectivity index (χ0) is 44.1. The Balaban J connectivity index is -0.00000119. The summed E-state index contributed by atoms with van der Waals surface area (Å²) in [7, 11) is 0. The molecule has 2 unspecified atom stereocenters. The molecular weight excluding hydrogens is 755 g/mol. The Morgan fingerprint density at radius 3 is 1.47 bits per heavy atom. The summed E-state index contributed by atoms with van der Waals surface area (Å²) in [6, 6.07) is 0. The predicted molar refractivity (Wildman–Crippen MR) is 261 cm³/mol. The molecule has 0 rings (SSSR count). The van der Waals surface area contributed by atoms with Crippen molar-refractivity contribution < 1.29 is 29.6 Å². The predicted octanol–water partition coefficient (Wildman–Crippen LogP) is 14.2. The van der Waals surface area contributed by atoms with Crippen molar-refractivity contribution in [3.63, 3.8) is 0 Å². The molecule has 0 aliphatic heterocycles. The molecule has 0 aromatic heterocycles. The van der Waals surface area contributed by atoms with E-state index in [1.165, 1.54) is 122 Å². The number of aliphatic hydroxyl groups excluding tert-OH is 3. The van der Waals surface area contributed by atoms with Gasteiger partial charge in [0.15, 0.2) is 6.29 Å². The van der Waals surface area contributed by atoms with Crippen molar-refractivity contribution in [2.75, 3.05) is 58.6 Å². The number of rotatable bonds is 44. The third kappa shape index (κ3) is 55.3. The van der Waals surface area contributed by atoms with Gasteiger partial charge in [0.1, 0.15) is 0 Å². The molecule has 3 N–H and O–H groups in total. The summed E-state index contributed by atoms with van der Waals surface area (Å²) < 4.78 is 11.2. The highest BCUT2D eigenvalue weighted by atomic mass is 32.2. The Labute approximate surface area is 373 Å². The first-order valence-corrected chi connectivity index (χ1v) is 27.0. The van der Waals surface area contributed by atoms with Crippen LogP contribution in [0.15, 0.2) is 12.2 Å². The van der Waals surface area contributed by atoms with Gasteiger partial charge in [0.05, 0.1) is 12.5 Å². The Morgan fingerprint density at radius 1 is 0.525 bits per heavy atom. The highest BCUT2D eigenvalue weighted by Crippen LogP contribution is 2.21. The first-order chi connectivity index (χ1) is 28.9. The summed E-state index contributed by atoms with van der Waals surface area (Å²) in [6.07, 6.45) is 46.1. The molecule has 0 fully saturated rings. The van der Waals surface area contributed by atoms with Crippen LogP contribution in [-0.4, -0.2) is 91.1 Å². The number of hydrogen-bond acceptors (Lipinski definition) is 8. The SMILES string of the molecule is CC/C=C\CCCCCOC(O)CCCCCCC.CCCCCCCCC(CCCCCC)C(=O)OCCCCCCN(CCCCO)CCCCCCO.CSC. The number of allylic oxidation sites excluding steroid dienone is 2. The van der Waals surface area contributed by atoms with E-state index in [-0.39, 0.29) is 18.5 Å². The van der Waals surface area contributed by atoms with Gasteiger partial charge in [0.2, 0.25) is 0 Å². The number of carbonyl (C=O) groups is 1. The minimum atomic E-state index is -0.540. The molecule has 0 spiro atoms. The van der Waals surface area contributed by atoms with Gasteiger partial charge in [-0.3, -0.25) is 4.79 Å². The van der Waals surface area contributed by atoms with Crippen molar-refractivity contribution >= 4 is 17.7 Å². The van der Waals surface area contributed by atoms with Crippen LogP contribution < -0.4 is 0 Å². The average molecular weight is 860 g/mol. The van der Waals surface area contributed by atoms with Crippen molar-refractivity contribution in [3.05, 3.63) is 12.2 Å². The van der Waals surface area contributed by atoms with Crippen LogP contribution in [0.1, 0.15) is 240 Å². The van der Waals surface area contributed by atoms with Crippen molar-refractivity contribution in [1.82, 2.24) is 4.90 Å². The van der Waals surface area contributed by atoms with Crippen molar-refractivity contribution in [2.45, 2.75) is 246 Å². The van der Waals surface area contributed by atoms with Gasteiger partial charge in [-0.05, 0) is 122 Å². The van der Waals surface area contributed by atoms with E-state index in [1.807, 2.05) is 12.5 Å². The summed E-state index contributed by atoms with van der Waals surface area (Å²) in [6.45, 7) is 14.0. The van der Waals surface area contributed by atoms with E-state index in [2.05, 4.69) is 44.7 Å². The van der Waals surface area contributed by atoms with E-state index < -0.39 is 6.29 Å². The standard InChI is InChI=1S/C32H65NO4.C17H34O2.C2H6S/c1-3-5-7-9-10-16-24-31(23-15-8-6-4-2)32(36)37-30-22-14-12-18-26-33(27-19-21-29-35)25-17-11-13-20-28-34;1-3-5-7-9-10-12-14-16-19-17(18)15-13-11-8-6-4-2;1-3-2/h31,34-35H,3-30H2,1-2H3;5,7,17-18H,3-4,6,8-16H2,1-2H3;1-2H3/b;7-5-;. The molecule has 0 saturated carbocycles. The van der Waals surface area contributed by atoms with Gasteiger partial charge in [-0.1, -0.05) is 162 Å². The number of unbranched alkanes of at least 4 members (excludes halogenated alkanes) is 22. The quantitative estimate of drug-likeness (QED) is 0.0241. The maximum Gasteiger partial charge on any atom is 0.308 e. The third-order valence-electron chi connectivity index (χ3n) is 10.8. The van der Waals surface area contributed by atoms with Crippen LogP contribution >= 0.6 is 11.8 Å². The lowest BCUT2D eigenvalue weighted by Crippen LogP contribution is -2.27. The molecule has 59 heavy (non-hydrogen) atoms. The molecule has 0 aromatic rings. The zero-order valence-electron chi connectivity index (χ0n) is 40.5. The fourth-order valence-corrected chi connectivity index (χ4v) is 7.08. The molecule has 2 atom stereocenters. The van der Waals surface area contributed by atoms with E-state index in [1.54, 1.807) is 11.8 Å². The van der Waals surface area contributed by atoms with Crippen LogP contribution in [0.2, 0.25) is 0 Å². The average Bonchev–Trinajstić information content (AvgIpc) is 3.23. The van der Waals surface area contributed by atoms with Crippen LogP contribution in [-0.2, 0) is 14.3 Å². The maximum atomic E-state index is 12.8. The normalized spacial score (nSPS) is 12.3. The molecule has 0 aliphatic carbocycles. The molecule has 8 heteroatoms. The van der Waals surface area contributed by atoms with Gasteiger partial charge < -0.3 is 29.7 Å². The summed E-state index contributed by atoms with van der Waals surface area (Å²) in [4.78, 5) is 15.3. The molecule has 0 saturated heterocycles. The molecule has 0 bridgehead atoms. The monoisotopic (exact) mass is 860 g/mol. The van der Waals surface area contributed by atoms with Crippen LogP contribution in [0.3, 0.4) is 0 Å². The Morgan fingerprint density at radius 2 is 0.932 bits per heavy atom. The van der Waals surface area contributed by atoms with Crippen molar-refractivity contribution in [3.8, 4) is 0 Å². The zero-order valence-corrected chi connectivity index (χ0v) is 41.3. The smallest absolute Gasteiger partial charge is 0.308 e. The van der Waals surface area contributed by atoms with Gasteiger partial charge in [0.25, 0.3) is 0 Å². The lowest BCUT2D eigenvalue weighted by molar-refractivity contribution is -0.149. The number of carbonyl (C=O) groups excluding carboxylic acids is 1. The summed E-state index contributed by atoms with van der Waals surface area (Å²) in [5.74, 6) is 0.161. The van der Waals surface area contributed by atoms with Crippen molar-refractivity contribution in [1.29, 1.82) is 0 Å². The number of esters is 1. The highest BCUT2D eigenvalue weighted by molar-refractivity contribution is 7.97. The summed E-state index contributed by atoms with van der Waals surface area (Å²) >= 11 is 1.75. The molecular formula is C51H105NO6S. The van der Waals surface area contributed by atoms with Crippen molar-refractivity contribution in [2.24, 2.45) is 5.92 Å². The summed E-state index contributed by atoms with van der Waals surface area (Å²) in [5, 5.41) is 27.7. The minimum absolute atomic E-state index is 0.0568. The van der Waals surface area contributed by atoms with Gasteiger partial charge in [-0.25, -0.2) is 0 Å². The second kappa shape index (κ2) is 57.4. The van der Waals surface area contributed by atoms with Crippen LogP contribution in [0.25, 0.3) is 0 Å². The maximum absolute atomic E-state index is 12.8. The Bertz CT molecular complexity index is 787. The van der Waals surface area contributed by atoms with E-state index >= 15 is 0 Å². The second-order valence-electron chi connectivity index (χ2n) is 16.8. The van der Waals surface area contributed by atoms with Gasteiger partial charge in [-0.15, -0.1) is 0 Å². The Kier molecular flexibility index (Phi) is 60.9. The van der Waals surface area contributed by atoms with Gasteiger partial charge >= 0.3 is 5.97 Å². The fourth-order valence-electron chi connectivity index (χ4n) is 7.08. The lowest BCUT2D eigenvalue weighted by Gasteiger charge is -2.22. The first kappa shape index (κ1) is 62.7. The first-order valence-electron chi connectivity index (χ1n) is 25.4. The fraction of sp³-hybridized carbons (Fsp3) is 0.941. The number of aliphatic hydroxyl groups is 3. The van der Waals surface area contributed by atoms with Crippen LogP contribution in [0, 0.1) is 5.92 Å². The minimum Gasteiger partial charge on any atom is -0.465 e. The topological polar surface area (TPSA) is 99.5 Å². The van der Waals surface area contributed by atoms with E-state index in [4.69, 9.17) is 19.7 Å². The second-order valence-corrected chi connectivity index (χ2v) is 17.6. The number of thioether (sulfide) groups is 1. The number of hydrogen-bond donors (Lipinski definition) is 3. The number of ether oxygens (including phenoxy) is 2. The third-order valence-corrected chi connectivity index (χ3v) is 10.8. The summed E-state index contributed by atoms with van der Waals surface area (Å²) in [5.41, 5.74) is 0. The van der Waals surface area contributed by atoms with Gasteiger partial charge in [0, 0.05) is 19.8 Å². The molecule has 356 valence electrons.